The minimum atomic E-state index is -0.0342. The molecule has 0 unspecified atom stereocenters. The Morgan fingerprint density at radius 1 is 0.962 bits per heavy atom. The summed E-state index contributed by atoms with van der Waals surface area (Å²) < 4.78 is 0. The van der Waals surface area contributed by atoms with Crippen molar-refractivity contribution in [2.75, 3.05) is 12.3 Å². The van der Waals surface area contributed by atoms with Crippen molar-refractivity contribution in [2.24, 2.45) is 0 Å². The highest BCUT2D eigenvalue weighted by molar-refractivity contribution is 7.80. The van der Waals surface area contributed by atoms with Gasteiger partial charge >= 0.3 is 0 Å². The number of ketones is 2. The fourth-order valence-corrected chi connectivity index (χ4v) is 3.35. The number of benzene rings is 1. The molecule has 0 bridgehead atoms. The number of hydrogen-bond acceptors (Lipinski definition) is 4. The van der Waals surface area contributed by atoms with Crippen molar-refractivity contribution < 1.29 is 14.4 Å². The summed E-state index contributed by atoms with van der Waals surface area (Å²) in [6, 6.07) is 7.03. The predicted octanol–water partition coefficient (Wildman–Crippen LogP) is 4.16. The third-order valence-corrected chi connectivity index (χ3v) is 5.04. The van der Waals surface area contributed by atoms with Gasteiger partial charge in [-0.15, -0.1) is 0 Å². The Balaban J connectivity index is 1.74. The van der Waals surface area contributed by atoms with Crippen LogP contribution in [0.3, 0.4) is 0 Å². The summed E-state index contributed by atoms with van der Waals surface area (Å²) in [6.07, 6.45) is 5.65. The van der Waals surface area contributed by atoms with Crippen molar-refractivity contribution in [2.45, 2.75) is 51.9 Å². The van der Waals surface area contributed by atoms with E-state index in [-0.39, 0.29) is 17.5 Å². The lowest BCUT2D eigenvalue weighted by Crippen LogP contribution is -2.24. The van der Waals surface area contributed by atoms with E-state index in [1.54, 1.807) is 31.2 Å². The quantitative estimate of drug-likeness (QED) is 0.478. The first kappa shape index (κ1) is 20.4. The van der Waals surface area contributed by atoms with E-state index < -0.39 is 0 Å². The van der Waals surface area contributed by atoms with Gasteiger partial charge in [0.2, 0.25) is 5.91 Å². The molecule has 1 N–H and O–H groups in total. The summed E-state index contributed by atoms with van der Waals surface area (Å²) in [6.45, 7) is 2.44. The molecule has 0 aliphatic heterocycles. The summed E-state index contributed by atoms with van der Waals surface area (Å²) >= 11 is 4.11. The number of hydrogen-bond donors (Lipinski definition) is 2. The molecule has 4 nitrogen and oxygen atoms in total. The average Bonchev–Trinajstić information content (AvgIpc) is 2.65. The van der Waals surface area contributed by atoms with Crippen molar-refractivity contribution >= 4 is 30.1 Å². The standard InChI is InChI=1S/C21H27NO3S/c1-15-16(21(25)18-11-7-6-10-17(18)20(15)24)9-4-2-3-5-12-19(23)22-13-8-14-26/h6-7,10-11,26H,2-5,8-9,12-14H2,1H3,(H,22,23). The SMILES string of the molecule is CC1=C(CCCCCCC(=O)NCCCS)C(=O)c2ccccc2C1=O. The van der Waals surface area contributed by atoms with Gasteiger partial charge in [-0.25, -0.2) is 0 Å². The number of amides is 1. The van der Waals surface area contributed by atoms with Gasteiger partial charge in [0, 0.05) is 35.2 Å². The molecule has 5 heteroatoms. The van der Waals surface area contributed by atoms with E-state index in [9.17, 15) is 14.4 Å². The van der Waals surface area contributed by atoms with Crippen LogP contribution >= 0.6 is 12.6 Å². The molecule has 0 spiro atoms. The second-order valence-electron chi connectivity index (χ2n) is 6.65. The van der Waals surface area contributed by atoms with Crippen LogP contribution in [0.25, 0.3) is 0 Å². The van der Waals surface area contributed by atoms with Gasteiger partial charge in [-0.1, -0.05) is 37.1 Å². The maximum absolute atomic E-state index is 12.6. The van der Waals surface area contributed by atoms with Gasteiger partial charge in [-0.05, 0) is 38.4 Å². The Morgan fingerprint density at radius 2 is 1.62 bits per heavy atom. The third kappa shape index (κ3) is 5.31. The molecule has 1 amide bonds. The van der Waals surface area contributed by atoms with Gasteiger partial charge in [0.15, 0.2) is 11.6 Å². The Labute approximate surface area is 160 Å². The van der Waals surface area contributed by atoms with Crippen molar-refractivity contribution in [3.8, 4) is 0 Å². The minimum absolute atomic E-state index is 0.0127. The molecule has 1 aromatic rings. The molecule has 0 aromatic heterocycles. The van der Waals surface area contributed by atoms with E-state index in [0.717, 1.165) is 37.9 Å². The average molecular weight is 374 g/mol. The third-order valence-electron chi connectivity index (χ3n) is 4.72. The molecule has 0 saturated carbocycles. The summed E-state index contributed by atoms with van der Waals surface area (Å²) in [5.41, 5.74) is 2.27. The van der Waals surface area contributed by atoms with E-state index in [0.29, 0.717) is 41.7 Å². The minimum Gasteiger partial charge on any atom is -0.356 e. The molecule has 2 rings (SSSR count). The van der Waals surface area contributed by atoms with Crippen molar-refractivity contribution in [3.63, 3.8) is 0 Å². The lowest BCUT2D eigenvalue weighted by atomic mass is 9.82. The molecule has 1 aromatic carbocycles. The summed E-state index contributed by atoms with van der Waals surface area (Å²) in [5, 5.41) is 2.87. The van der Waals surface area contributed by atoms with Gasteiger partial charge in [-0.2, -0.15) is 12.6 Å². The van der Waals surface area contributed by atoms with E-state index in [2.05, 4.69) is 17.9 Å². The van der Waals surface area contributed by atoms with Gasteiger partial charge in [0.1, 0.15) is 0 Å². The van der Waals surface area contributed by atoms with Gasteiger partial charge in [0.25, 0.3) is 0 Å². The normalized spacial score (nSPS) is 13.8. The highest BCUT2D eigenvalue weighted by atomic mass is 32.1. The topological polar surface area (TPSA) is 63.2 Å². The fourth-order valence-electron chi connectivity index (χ4n) is 3.19. The predicted molar refractivity (Wildman–Crippen MR) is 107 cm³/mol. The summed E-state index contributed by atoms with van der Waals surface area (Å²) in [4.78, 5) is 36.7. The van der Waals surface area contributed by atoms with Crippen molar-refractivity contribution in [1.82, 2.24) is 5.32 Å². The number of thiol groups is 1. The van der Waals surface area contributed by atoms with E-state index >= 15 is 0 Å². The van der Waals surface area contributed by atoms with Crippen LogP contribution in [0.4, 0.5) is 0 Å². The molecule has 0 heterocycles. The van der Waals surface area contributed by atoms with Crippen LogP contribution in [0.1, 0.15) is 72.6 Å². The first-order valence-corrected chi connectivity index (χ1v) is 9.95. The highest BCUT2D eigenvalue weighted by Gasteiger charge is 2.28. The van der Waals surface area contributed by atoms with E-state index in [1.807, 2.05) is 0 Å². The zero-order valence-electron chi connectivity index (χ0n) is 15.3. The second kappa shape index (κ2) is 10.3. The van der Waals surface area contributed by atoms with Gasteiger partial charge < -0.3 is 5.32 Å². The van der Waals surface area contributed by atoms with Crippen LogP contribution in [-0.2, 0) is 4.79 Å². The molecule has 26 heavy (non-hydrogen) atoms. The number of carbonyl (C=O) groups is 3. The molecule has 0 radical (unpaired) electrons. The van der Waals surface area contributed by atoms with Crippen LogP contribution in [0, 0.1) is 0 Å². The van der Waals surface area contributed by atoms with Crippen LogP contribution in [0.15, 0.2) is 35.4 Å². The van der Waals surface area contributed by atoms with Crippen molar-refractivity contribution in [3.05, 3.63) is 46.5 Å². The second-order valence-corrected chi connectivity index (χ2v) is 7.10. The Bertz CT molecular complexity index is 709. The summed E-state index contributed by atoms with van der Waals surface area (Å²) in [5.74, 6) is 0.825. The Hall–Kier alpha value is -1.88. The maximum atomic E-state index is 12.6. The van der Waals surface area contributed by atoms with E-state index in [4.69, 9.17) is 0 Å². The Kier molecular flexibility index (Phi) is 8.10. The lowest BCUT2D eigenvalue weighted by molar-refractivity contribution is -0.121. The number of allylic oxidation sites excluding steroid dienone is 2. The first-order valence-electron chi connectivity index (χ1n) is 9.32. The molecule has 1 aliphatic rings. The maximum Gasteiger partial charge on any atom is 0.219 e. The largest absolute Gasteiger partial charge is 0.356 e. The number of carbonyl (C=O) groups excluding carboxylic acids is 3. The fraction of sp³-hybridized carbons (Fsp3) is 0.476. The number of nitrogens with one attached hydrogen (secondary N) is 1. The highest BCUT2D eigenvalue weighted by Crippen LogP contribution is 2.29. The monoisotopic (exact) mass is 373 g/mol. The van der Waals surface area contributed by atoms with Gasteiger partial charge in [-0.3, -0.25) is 14.4 Å². The number of Topliss-reactive ketones (excluding diaryl/α,β-unsaturated/α-hetero) is 2. The molecular weight excluding hydrogens is 346 g/mol. The zero-order chi connectivity index (χ0) is 18.9. The van der Waals surface area contributed by atoms with Crippen LogP contribution in [0.2, 0.25) is 0 Å². The van der Waals surface area contributed by atoms with Crippen LogP contribution in [0.5, 0.6) is 0 Å². The van der Waals surface area contributed by atoms with Gasteiger partial charge in [0.05, 0.1) is 0 Å². The first-order chi connectivity index (χ1) is 12.6. The van der Waals surface area contributed by atoms with Crippen LogP contribution in [-0.4, -0.2) is 29.8 Å². The number of unbranched alkanes of at least 4 members (excludes halogenated alkanes) is 3. The molecule has 140 valence electrons. The zero-order valence-corrected chi connectivity index (χ0v) is 16.2. The molecule has 0 saturated heterocycles. The smallest absolute Gasteiger partial charge is 0.219 e. The van der Waals surface area contributed by atoms with Crippen LogP contribution < -0.4 is 5.32 Å². The molecule has 0 atom stereocenters. The number of rotatable bonds is 10. The molecule has 1 aliphatic carbocycles. The lowest BCUT2D eigenvalue weighted by Gasteiger charge is -2.18. The number of fused-ring (bicyclic) bond motifs is 1. The molecule has 0 fully saturated rings. The van der Waals surface area contributed by atoms with E-state index in [1.165, 1.54) is 0 Å². The Morgan fingerprint density at radius 3 is 2.31 bits per heavy atom. The van der Waals surface area contributed by atoms with Crippen molar-refractivity contribution in [1.29, 1.82) is 0 Å². The molecular formula is C21H27NO3S. The summed E-state index contributed by atoms with van der Waals surface area (Å²) in [7, 11) is 0.